The van der Waals surface area contributed by atoms with Crippen LogP contribution in [0.1, 0.15) is 23.5 Å². The molecule has 1 amide bonds. The molecule has 2 aromatic rings. The standard InChI is InChI=1S/C17H23N3O2S/c1-17(2,20-8-10-22-11-9-20)13-18-16(21)15-14(5-12-23-15)19-6-3-4-7-19/h3-7,12H,8-11,13H2,1-2H3,(H,18,21). The van der Waals surface area contributed by atoms with E-state index in [1.165, 1.54) is 11.3 Å². The molecular formula is C17H23N3O2S. The number of thiophene rings is 1. The van der Waals surface area contributed by atoms with E-state index in [-0.39, 0.29) is 11.4 Å². The quantitative estimate of drug-likeness (QED) is 0.914. The van der Waals surface area contributed by atoms with Crippen LogP contribution in [0.5, 0.6) is 0 Å². The number of hydrogen-bond acceptors (Lipinski definition) is 4. The van der Waals surface area contributed by atoms with E-state index >= 15 is 0 Å². The number of carbonyl (C=O) groups is 1. The fraction of sp³-hybridized carbons (Fsp3) is 0.471. The summed E-state index contributed by atoms with van der Waals surface area (Å²) < 4.78 is 7.38. The molecular weight excluding hydrogens is 310 g/mol. The van der Waals surface area contributed by atoms with Crippen LogP contribution in [0.2, 0.25) is 0 Å². The molecule has 1 saturated heterocycles. The Bertz CT molecular complexity index is 643. The highest BCUT2D eigenvalue weighted by Gasteiger charge is 2.29. The fourth-order valence-electron chi connectivity index (χ4n) is 2.83. The average molecular weight is 333 g/mol. The molecule has 0 atom stereocenters. The van der Waals surface area contributed by atoms with E-state index in [2.05, 4.69) is 24.1 Å². The van der Waals surface area contributed by atoms with Crippen LogP contribution in [0.15, 0.2) is 36.0 Å². The van der Waals surface area contributed by atoms with Crippen molar-refractivity contribution in [3.63, 3.8) is 0 Å². The van der Waals surface area contributed by atoms with Crippen LogP contribution in [-0.2, 0) is 4.74 Å². The van der Waals surface area contributed by atoms with Crippen LogP contribution in [0, 0.1) is 0 Å². The lowest BCUT2D eigenvalue weighted by molar-refractivity contribution is -0.00922. The highest BCUT2D eigenvalue weighted by Crippen LogP contribution is 2.22. The Balaban J connectivity index is 1.65. The van der Waals surface area contributed by atoms with E-state index in [9.17, 15) is 4.79 Å². The number of nitrogens with zero attached hydrogens (tertiary/aromatic N) is 2. The largest absolute Gasteiger partial charge is 0.379 e. The van der Waals surface area contributed by atoms with Crippen LogP contribution in [0.4, 0.5) is 0 Å². The zero-order valence-corrected chi connectivity index (χ0v) is 14.4. The molecule has 0 saturated carbocycles. The van der Waals surface area contributed by atoms with E-state index in [1.54, 1.807) is 0 Å². The number of amides is 1. The van der Waals surface area contributed by atoms with Gasteiger partial charge in [0, 0.05) is 37.6 Å². The van der Waals surface area contributed by atoms with Crippen molar-refractivity contribution >= 4 is 17.2 Å². The van der Waals surface area contributed by atoms with Crippen LogP contribution in [-0.4, -0.2) is 53.8 Å². The maximum Gasteiger partial charge on any atom is 0.263 e. The van der Waals surface area contributed by atoms with Crippen molar-refractivity contribution in [2.75, 3.05) is 32.8 Å². The summed E-state index contributed by atoms with van der Waals surface area (Å²) in [6.45, 7) is 8.31. The van der Waals surface area contributed by atoms with E-state index in [0.717, 1.165) is 36.9 Å². The van der Waals surface area contributed by atoms with Crippen LogP contribution in [0.3, 0.4) is 0 Å². The Morgan fingerprint density at radius 2 is 2.00 bits per heavy atom. The van der Waals surface area contributed by atoms with Gasteiger partial charge in [-0.3, -0.25) is 9.69 Å². The highest BCUT2D eigenvalue weighted by molar-refractivity contribution is 7.12. The summed E-state index contributed by atoms with van der Waals surface area (Å²) in [6.07, 6.45) is 3.91. The van der Waals surface area contributed by atoms with Crippen LogP contribution >= 0.6 is 11.3 Å². The zero-order chi connectivity index (χ0) is 16.3. The summed E-state index contributed by atoms with van der Waals surface area (Å²) in [5.41, 5.74) is 0.853. The highest BCUT2D eigenvalue weighted by atomic mass is 32.1. The first-order valence-electron chi connectivity index (χ1n) is 7.90. The first-order chi connectivity index (χ1) is 11.1. The molecule has 0 radical (unpaired) electrons. The Hall–Kier alpha value is -1.63. The molecule has 3 rings (SSSR count). The van der Waals surface area contributed by atoms with Crippen molar-refractivity contribution in [1.29, 1.82) is 0 Å². The lowest BCUT2D eigenvalue weighted by Crippen LogP contribution is -2.55. The molecule has 23 heavy (non-hydrogen) atoms. The topological polar surface area (TPSA) is 46.5 Å². The average Bonchev–Trinajstić information content (AvgIpc) is 3.24. The smallest absolute Gasteiger partial charge is 0.263 e. The van der Waals surface area contributed by atoms with Crippen molar-refractivity contribution in [1.82, 2.24) is 14.8 Å². The number of nitrogens with one attached hydrogen (secondary N) is 1. The molecule has 124 valence electrons. The van der Waals surface area contributed by atoms with E-state index in [1.807, 2.05) is 40.5 Å². The molecule has 0 unspecified atom stereocenters. The summed E-state index contributed by atoms with van der Waals surface area (Å²) in [6, 6.07) is 5.90. The molecule has 0 aromatic carbocycles. The van der Waals surface area contributed by atoms with Crippen molar-refractivity contribution in [2.45, 2.75) is 19.4 Å². The predicted octanol–water partition coefficient (Wildman–Crippen LogP) is 2.38. The molecule has 3 heterocycles. The number of hydrogen-bond donors (Lipinski definition) is 1. The molecule has 0 spiro atoms. The number of morpholine rings is 1. The third-order valence-electron chi connectivity index (χ3n) is 4.28. The van der Waals surface area contributed by atoms with Gasteiger partial charge in [0.05, 0.1) is 18.9 Å². The Morgan fingerprint density at radius 3 is 2.70 bits per heavy atom. The van der Waals surface area contributed by atoms with E-state index < -0.39 is 0 Å². The van der Waals surface area contributed by atoms with Gasteiger partial charge in [-0.25, -0.2) is 0 Å². The maximum absolute atomic E-state index is 12.6. The summed E-state index contributed by atoms with van der Waals surface area (Å²) in [4.78, 5) is 15.7. The fourth-order valence-corrected chi connectivity index (χ4v) is 3.63. The minimum Gasteiger partial charge on any atom is -0.379 e. The summed E-state index contributed by atoms with van der Waals surface area (Å²) in [7, 11) is 0. The number of carbonyl (C=O) groups excluding carboxylic acids is 1. The van der Waals surface area contributed by atoms with Gasteiger partial charge < -0.3 is 14.6 Å². The molecule has 1 aliphatic rings. The summed E-state index contributed by atoms with van der Waals surface area (Å²) in [5.74, 6) is -0.00923. The lowest BCUT2D eigenvalue weighted by atomic mass is 10.0. The van der Waals surface area contributed by atoms with Crippen LogP contribution < -0.4 is 5.32 Å². The van der Waals surface area contributed by atoms with E-state index in [4.69, 9.17) is 4.74 Å². The molecule has 6 heteroatoms. The molecule has 0 bridgehead atoms. The monoisotopic (exact) mass is 333 g/mol. The molecule has 0 aliphatic carbocycles. The minimum absolute atomic E-state index is 0.00923. The normalized spacial score (nSPS) is 16.4. The van der Waals surface area contributed by atoms with Crippen molar-refractivity contribution < 1.29 is 9.53 Å². The first kappa shape index (κ1) is 16.2. The van der Waals surface area contributed by atoms with Gasteiger partial charge in [0.25, 0.3) is 5.91 Å². The Kier molecular flexibility index (Phi) is 4.84. The van der Waals surface area contributed by atoms with Gasteiger partial charge in [-0.15, -0.1) is 11.3 Å². The van der Waals surface area contributed by atoms with Gasteiger partial charge in [-0.1, -0.05) is 0 Å². The molecule has 5 nitrogen and oxygen atoms in total. The number of ether oxygens (including phenoxy) is 1. The molecule has 2 aromatic heterocycles. The van der Waals surface area contributed by atoms with E-state index in [0.29, 0.717) is 6.54 Å². The van der Waals surface area contributed by atoms with Crippen molar-refractivity contribution in [2.24, 2.45) is 0 Å². The number of aromatic nitrogens is 1. The van der Waals surface area contributed by atoms with Gasteiger partial charge in [-0.05, 0) is 37.4 Å². The molecule has 1 aliphatic heterocycles. The van der Waals surface area contributed by atoms with Gasteiger partial charge in [0.2, 0.25) is 0 Å². The van der Waals surface area contributed by atoms with Crippen LogP contribution in [0.25, 0.3) is 5.69 Å². The second-order valence-corrected chi connectivity index (χ2v) is 7.24. The Labute approximate surface area is 140 Å². The Morgan fingerprint density at radius 1 is 1.30 bits per heavy atom. The minimum atomic E-state index is -0.0791. The third kappa shape index (κ3) is 3.65. The van der Waals surface area contributed by atoms with Gasteiger partial charge in [-0.2, -0.15) is 0 Å². The van der Waals surface area contributed by atoms with Gasteiger partial charge >= 0.3 is 0 Å². The van der Waals surface area contributed by atoms with Crippen molar-refractivity contribution in [3.8, 4) is 5.69 Å². The molecule has 1 N–H and O–H groups in total. The summed E-state index contributed by atoms with van der Waals surface area (Å²) in [5, 5.41) is 5.06. The predicted molar refractivity (Wildman–Crippen MR) is 92.5 cm³/mol. The SMILES string of the molecule is CC(C)(CNC(=O)c1sccc1-n1cccc1)N1CCOCC1. The van der Waals surface area contributed by atoms with Gasteiger partial charge in [0.1, 0.15) is 4.88 Å². The maximum atomic E-state index is 12.6. The lowest BCUT2D eigenvalue weighted by Gasteiger charge is -2.40. The zero-order valence-electron chi connectivity index (χ0n) is 13.6. The molecule has 1 fully saturated rings. The van der Waals surface area contributed by atoms with Gasteiger partial charge in [0.15, 0.2) is 0 Å². The number of rotatable bonds is 5. The second kappa shape index (κ2) is 6.86. The summed E-state index contributed by atoms with van der Waals surface area (Å²) >= 11 is 1.48. The second-order valence-electron chi connectivity index (χ2n) is 6.32. The third-order valence-corrected chi connectivity index (χ3v) is 5.18. The first-order valence-corrected chi connectivity index (χ1v) is 8.78. The van der Waals surface area contributed by atoms with Crippen molar-refractivity contribution in [3.05, 3.63) is 40.8 Å².